The molecule has 0 aliphatic carbocycles. The van der Waals surface area contributed by atoms with Crippen molar-refractivity contribution in [3.05, 3.63) is 71.7 Å². The van der Waals surface area contributed by atoms with Gasteiger partial charge in [0.05, 0.1) is 0 Å². The zero-order valence-corrected chi connectivity index (χ0v) is 11.8. The first-order valence-electron chi connectivity index (χ1n) is 6.30. The summed E-state index contributed by atoms with van der Waals surface area (Å²) in [5.41, 5.74) is 0.444. The lowest BCUT2D eigenvalue weighted by molar-refractivity contribution is 0.365. The molecule has 0 spiro atoms. The molecule has 0 atom stereocenters. The number of hydrogen-bond acceptors (Lipinski definition) is 3. The van der Waals surface area contributed by atoms with Crippen LogP contribution in [0.1, 0.15) is 0 Å². The molecule has 3 nitrogen and oxygen atoms in total. The van der Waals surface area contributed by atoms with E-state index in [2.05, 4.69) is 23.2 Å². The molecule has 0 heterocycles. The summed E-state index contributed by atoms with van der Waals surface area (Å²) < 4.78 is 5.53. The smallest absolute Gasteiger partial charge is 0.426 e. The monoisotopic (exact) mass is 283 g/mol. The number of hydrogen-bond donors (Lipinski definition) is 0. The van der Waals surface area contributed by atoms with Crippen LogP contribution < -0.4 is 4.74 Å². The summed E-state index contributed by atoms with van der Waals surface area (Å²) in [5.74, 6) is 1.48. The molecule has 0 saturated carbocycles. The van der Waals surface area contributed by atoms with Crippen molar-refractivity contribution in [2.75, 3.05) is 12.4 Å². The summed E-state index contributed by atoms with van der Waals surface area (Å²) in [6.45, 7) is 0.460. The lowest BCUT2D eigenvalue weighted by Gasteiger charge is -1.99. The Morgan fingerprint density at radius 3 is 2.55 bits per heavy atom. The molecular formula is C16H15N2OS+. The Hall–Kier alpha value is -2.25. The quantitative estimate of drug-likeness (QED) is 0.430. The summed E-state index contributed by atoms with van der Waals surface area (Å²) in [4.78, 5) is 4.42. The second-order valence-electron chi connectivity index (χ2n) is 3.97. The largest absolute Gasteiger partial charge is 0.482 e. The molecule has 0 bridgehead atoms. The highest BCUT2D eigenvalue weighted by atomic mass is 32.2. The molecule has 0 aliphatic rings. The van der Waals surface area contributed by atoms with E-state index >= 15 is 0 Å². The van der Waals surface area contributed by atoms with Crippen LogP contribution in [0.4, 0.5) is 5.69 Å². The van der Waals surface area contributed by atoms with Crippen molar-refractivity contribution in [3.8, 4) is 5.75 Å². The minimum atomic E-state index is 0.444. The van der Waals surface area contributed by atoms with Gasteiger partial charge in [-0.05, 0) is 18.2 Å². The molecule has 0 amide bonds. The molecule has 2 rings (SSSR count). The SMILES string of the molecule is N#[N+]c1ccccc1OC/C=C/CSc1ccccc1. The van der Waals surface area contributed by atoms with Crippen molar-refractivity contribution in [1.82, 2.24) is 0 Å². The number of para-hydroxylation sites is 1. The van der Waals surface area contributed by atoms with Crippen LogP contribution in [0.2, 0.25) is 0 Å². The minimum Gasteiger partial charge on any atom is -0.482 e. The van der Waals surface area contributed by atoms with E-state index in [-0.39, 0.29) is 0 Å². The summed E-state index contributed by atoms with van der Waals surface area (Å²) in [6.07, 6.45) is 4.03. The van der Waals surface area contributed by atoms with Gasteiger partial charge in [0, 0.05) is 16.7 Å². The third kappa shape index (κ3) is 4.45. The Bertz CT molecular complexity index is 605. The van der Waals surface area contributed by atoms with Gasteiger partial charge in [-0.2, -0.15) is 0 Å². The molecule has 4 heteroatoms. The van der Waals surface area contributed by atoms with Crippen molar-refractivity contribution < 1.29 is 4.74 Å². The second-order valence-corrected chi connectivity index (χ2v) is 5.07. The Morgan fingerprint density at radius 2 is 1.75 bits per heavy atom. The fraction of sp³-hybridized carbons (Fsp3) is 0.125. The maximum atomic E-state index is 8.81. The van der Waals surface area contributed by atoms with E-state index in [0.717, 1.165) is 5.75 Å². The predicted octanol–water partition coefficient (Wildman–Crippen LogP) is 4.90. The Labute approximate surface area is 122 Å². The molecule has 20 heavy (non-hydrogen) atoms. The molecule has 2 aromatic rings. The van der Waals surface area contributed by atoms with Crippen LogP contribution in [-0.2, 0) is 0 Å². The van der Waals surface area contributed by atoms with Crippen molar-refractivity contribution in [2.45, 2.75) is 4.90 Å². The number of thioether (sulfide) groups is 1. The van der Waals surface area contributed by atoms with Crippen LogP contribution in [-0.4, -0.2) is 12.4 Å². The summed E-state index contributed by atoms with van der Waals surface area (Å²) >= 11 is 1.77. The number of rotatable bonds is 6. The molecule has 0 fully saturated rings. The van der Waals surface area contributed by atoms with Gasteiger partial charge < -0.3 is 4.74 Å². The van der Waals surface area contributed by atoms with Gasteiger partial charge in [0.25, 0.3) is 0 Å². The summed E-state index contributed by atoms with van der Waals surface area (Å²) in [7, 11) is 0. The van der Waals surface area contributed by atoms with Gasteiger partial charge in [-0.15, -0.1) is 11.8 Å². The average Bonchev–Trinajstić information content (AvgIpc) is 2.52. The van der Waals surface area contributed by atoms with Gasteiger partial charge in [-0.25, -0.2) is 0 Å². The van der Waals surface area contributed by atoms with E-state index in [1.54, 1.807) is 30.0 Å². The van der Waals surface area contributed by atoms with E-state index in [9.17, 15) is 0 Å². The maximum Gasteiger partial charge on any atom is 0.426 e. The minimum absolute atomic E-state index is 0.444. The highest BCUT2D eigenvalue weighted by molar-refractivity contribution is 7.99. The van der Waals surface area contributed by atoms with Crippen LogP contribution >= 0.6 is 11.8 Å². The molecule has 0 N–H and O–H groups in total. The topological polar surface area (TPSA) is 37.4 Å². The van der Waals surface area contributed by atoms with Gasteiger partial charge in [0.2, 0.25) is 11.1 Å². The zero-order valence-electron chi connectivity index (χ0n) is 11.0. The number of benzene rings is 2. The van der Waals surface area contributed by atoms with Crippen molar-refractivity contribution >= 4 is 17.4 Å². The third-order valence-electron chi connectivity index (χ3n) is 2.56. The van der Waals surface area contributed by atoms with Gasteiger partial charge in [-0.1, -0.05) is 42.5 Å². The van der Waals surface area contributed by atoms with Crippen molar-refractivity contribution in [2.24, 2.45) is 0 Å². The maximum absolute atomic E-state index is 8.81. The van der Waals surface area contributed by atoms with Crippen LogP contribution in [0, 0.1) is 5.39 Å². The van der Waals surface area contributed by atoms with E-state index in [1.807, 2.05) is 30.3 Å². The van der Waals surface area contributed by atoms with Crippen molar-refractivity contribution in [3.63, 3.8) is 0 Å². The number of ether oxygens (including phenoxy) is 1. The first kappa shape index (κ1) is 14.2. The lowest BCUT2D eigenvalue weighted by Crippen LogP contribution is -1.93. The van der Waals surface area contributed by atoms with E-state index in [4.69, 9.17) is 10.1 Å². The first-order chi connectivity index (χ1) is 9.90. The zero-order chi connectivity index (χ0) is 14.0. The highest BCUT2D eigenvalue weighted by Crippen LogP contribution is 2.26. The Morgan fingerprint density at radius 1 is 1.00 bits per heavy atom. The van der Waals surface area contributed by atoms with E-state index < -0.39 is 0 Å². The standard InChI is InChI=1S/C16H15N2OS/c17-18-15-10-4-5-11-16(15)19-12-6-7-13-20-14-8-2-1-3-9-14/h1-11H,12-13H2/q+1/b7-6+. The van der Waals surface area contributed by atoms with Gasteiger partial charge >= 0.3 is 5.69 Å². The van der Waals surface area contributed by atoms with Crippen LogP contribution in [0.25, 0.3) is 4.98 Å². The molecule has 0 unspecified atom stereocenters. The number of diazo groups is 1. The second kappa shape index (κ2) is 8.03. The van der Waals surface area contributed by atoms with Crippen LogP contribution in [0.3, 0.4) is 0 Å². The lowest BCUT2D eigenvalue weighted by atomic mass is 10.3. The molecule has 0 aliphatic heterocycles. The highest BCUT2D eigenvalue weighted by Gasteiger charge is 2.12. The molecular weight excluding hydrogens is 268 g/mol. The predicted molar refractivity (Wildman–Crippen MR) is 83.0 cm³/mol. The van der Waals surface area contributed by atoms with E-state index in [1.165, 1.54) is 4.90 Å². The fourth-order valence-corrected chi connectivity index (χ4v) is 2.37. The first-order valence-corrected chi connectivity index (χ1v) is 7.28. The molecule has 0 aromatic heterocycles. The molecule has 2 aromatic carbocycles. The van der Waals surface area contributed by atoms with Crippen molar-refractivity contribution in [1.29, 1.82) is 5.39 Å². The van der Waals surface area contributed by atoms with E-state index in [0.29, 0.717) is 18.0 Å². The van der Waals surface area contributed by atoms with Gasteiger partial charge in [0.1, 0.15) is 6.61 Å². The normalized spacial score (nSPS) is 10.3. The Balaban J connectivity index is 1.73. The molecule has 0 saturated heterocycles. The van der Waals surface area contributed by atoms with Crippen LogP contribution in [0.15, 0.2) is 71.6 Å². The molecule has 100 valence electrons. The van der Waals surface area contributed by atoms with Gasteiger partial charge in [-0.3, -0.25) is 0 Å². The summed E-state index contributed by atoms with van der Waals surface area (Å²) in [6, 6.07) is 17.4. The van der Waals surface area contributed by atoms with Crippen LogP contribution in [0.5, 0.6) is 5.75 Å². The Kier molecular flexibility index (Phi) is 5.69. The van der Waals surface area contributed by atoms with Gasteiger partial charge in [0.15, 0.2) is 4.98 Å². The number of nitrogens with zero attached hydrogens (tertiary/aromatic N) is 2. The molecule has 0 radical (unpaired) electrons. The summed E-state index contributed by atoms with van der Waals surface area (Å²) in [5, 5.41) is 8.81. The fourth-order valence-electron chi connectivity index (χ4n) is 1.60. The third-order valence-corrected chi connectivity index (χ3v) is 3.53. The average molecular weight is 283 g/mol.